The van der Waals surface area contributed by atoms with Crippen LogP contribution in [0.1, 0.15) is 97.8 Å². The van der Waals surface area contributed by atoms with Crippen molar-refractivity contribution in [3.8, 4) is 0 Å². The number of hydrogen-bond acceptors (Lipinski definition) is 3. The van der Waals surface area contributed by atoms with Crippen molar-refractivity contribution >= 4 is 5.71 Å². The highest BCUT2D eigenvalue weighted by Gasteiger charge is 2.15. The Hall–Kier alpha value is -0.570. The van der Waals surface area contributed by atoms with Crippen LogP contribution in [0, 0.1) is 0 Å². The molecule has 0 N–H and O–H groups in total. The topological polar surface area (TPSA) is 24.8 Å². The predicted molar refractivity (Wildman–Crippen MR) is 96.3 cm³/mol. The highest BCUT2D eigenvalue weighted by atomic mass is 16.6. The van der Waals surface area contributed by atoms with E-state index < -0.39 is 0 Å². The molecular formula is C19H38N2O. The predicted octanol–water partition coefficient (Wildman–Crippen LogP) is 5.74. The van der Waals surface area contributed by atoms with Crippen molar-refractivity contribution in [1.29, 1.82) is 0 Å². The van der Waals surface area contributed by atoms with Gasteiger partial charge in [0.25, 0.3) is 0 Å². The summed E-state index contributed by atoms with van der Waals surface area (Å²) in [6.45, 7) is 8.63. The third-order valence-corrected chi connectivity index (χ3v) is 4.80. The van der Waals surface area contributed by atoms with E-state index in [9.17, 15) is 0 Å². The minimum atomic E-state index is 0.142. The lowest BCUT2D eigenvalue weighted by atomic mass is 10.00. The molecule has 1 unspecified atom stereocenters. The summed E-state index contributed by atoms with van der Waals surface area (Å²) in [6.07, 6.45) is 15.7. The van der Waals surface area contributed by atoms with Crippen LogP contribution >= 0.6 is 0 Å². The molecule has 1 aliphatic rings. The van der Waals surface area contributed by atoms with Gasteiger partial charge in [0, 0.05) is 0 Å². The minimum absolute atomic E-state index is 0.142. The van der Waals surface area contributed by atoms with E-state index in [1.807, 2.05) is 0 Å². The first kappa shape index (κ1) is 19.5. The summed E-state index contributed by atoms with van der Waals surface area (Å²) in [7, 11) is 0. The smallest absolute Gasteiger partial charge is 0.180 e. The molecule has 0 saturated heterocycles. The molecule has 0 aromatic carbocycles. The molecule has 0 bridgehead atoms. The van der Waals surface area contributed by atoms with Gasteiger partial charge >= 0.3 is 0 Å². The van der Waals surface area contributed by atoms with Crippen molar-refractivity contribution in [2.24, 2.45) is 5.16 Å². The van der Waals surface area contributed by atoms with E-state index in [-0.39, 0.29) is 6.23 Å². The van der Waals surface area contributed by atoms with Crippen LogP contribution in [0.2, 0.25) is 0 Å². The van der Waals surface area contributed by atoms with Crippen LogP contribution in [-0.4, -0.2) is 29.9 Å². The zero-order valence-electron chi connectivity index (χ0n) is 15.3. The molecule has 0 aromatic heterocycles. The van der Waals surface area contributed by atoms with Crippen molar-refractivity contribution in [3.05, 3.63) is 0 Å². The van der Waals surface area contributed by atoms with Gasteiger partial charge in [-0.1, -0.05) is 70.9 Å². The molecule has 1 atom stereocenters. The maximum absolute atomic E-state index is 5.91. The van der Waals surface area contributed by atoms with Crippen LogP contribution < -0.4 is 0 Å². The lowest BCUT2D eigenvalue weighted by Gasteiger charge is -2.26. The number of nitrogens with zero attached hydrogens (tertiary/aromatic N) is 2. The van der Waals surface area contributed by atoms with Crippen molar-refractivity contribution in [2.45, 2.75) is 104 Å². The van der Waals surface area contributed by atoms with Gasteiger partial charge in [0.2, 0.25) is 0 Å². The number of rotatable bonds is 6. The van der Waals surface area contributed by atoms with Crippen LogP contribution in [0.25, 0.3) is 0 Å². The SMILES string of the molecule is CCC(ON=C1CCCCCCCCCCC1)N(CC)CC. The summed E-state index contributed by atoms with van der Waals surface area (Å²) in [4.78, 5) is 8.26. The standard InChI is InChI=1S/C19H38N2O/c1-4-19(21(5-2)6-3)22-20-18-16-14-12-10-8-7-9-11-13-15-17-18/h19H,4-17H2,1-3H3. The van der Waals surface area contributed by atoms with Gasteiger partial charge in [-0.25, -0.2) is 0 Å². The molecule has 0 spiro atoms. The molecule has 3 nitrogen and oxygen atoms in total. The largest absolute Gasteiger partial charge is 0.377 e. The highest BCUT2D eigenvalue weighted by Crippen LogP contribution is 2.16. The summed E-state index contributed by atoms with van der Waals surface area (Å²) in [5, 5.41) is 4.57. The lowest BCUT2D eigenvalue weighted by Crippen LogP contribution is -2.35. The van der Waals surface area contributed by atoms with Crippen LogP contribution in [0.5, 0.6) is 0 Å². The maximum Gasteiger partial charge on any atom is 0.180 e. The fourth-order valence-corrected chi connectivity index (χ4v) is 3.28. The van der Waals surface area contributed by atoms with Gasteiger partial charge in [-0.3, -0.25) is 4.90 Å². The molecule has 22 heavy (non-hydrogen) atoms. The first-order valence-corrected chi connectivity index (χ1v) is 9.77. The van der Waals surface area contributed by atoms with E-state index in [2.05, 4.69) is 30.8 Å². The summed E-state index contributed by atoms with van der Waals surface area (Å²) < 4.78 is 0. The molecule has 1 rings (SSSR count). The van der Waals surface area contributed by atoms with Crippen molar-refractivity contribution in [2.75, 3.05) is 13.1 Å². The van der Waals surface area contributed by atoms with Crippen LogP contribution in [0.4, 0.5) is 0 Å². The molecule has 1 fully saturated rings. The van der Waals surface area contributed by atoms with Crippen LogP contribution in [-0.2, 0) is 4.84 Å². The normalized spacial score (nSPS) is 20.1. The van der Waals surface area contributed by atoms with Gasteiger partial charge in [-0.2, -0.15) is 0 Å². The monoisotopic (exact) mass is 310 g/mol. The van der Waals surface area contributed by atoms with E-state index >= 15 is 0 Å². The van der Waals surface area contributed by atoms with Crippen LogP contribution in [0.15, 0.2) is 5.16 Å². The number of hydrogen-bond donors (Lipinski definition) is 0. The zero-order chi connectivity index (χ0) is 16.0. The third kappa shape index (κ3) is 8.17. The van der Waals surface area contributed by atoms with Gasteiger partial charge < -0.3 is 4.84 Å². The molecule has 3 heteroatoms. The molecule has 0 amide bonds. The Labute approximate surface area is 138 Å². The number of oxime groups is 1. The quantitative estimate of drug-likeness (QED) is 0.461. The summed E-state index contributed by atoms with van der Waals surface area (Å²) in [6, 6.07) is 0. The molecule has 1 aliphatic carbocycles. The Morgan fingerprint density at radius 3 is 1.68 bits per heavy atom. The van der Waals surface area contributed by atoms with E-state index in [4.69, 9.17) is 4.84 Å². The van der Waals surface area contributed by atoms with Gasteiger partial charge in [-0.05, 0) is 45.2 Å². The average Bonchev–Trinajstić information content (AvgIpc) is 2.53. The van der Waals surface area contributed by atoms with E-state index in [0.29, 0.717) is 0 Å². The van der Waals surface area contributed by atoms with Crippen molar-refractivity contribution in [3.63, 3.8) is 0 Å². The fraction of sp³-hybridized carbons (Fsp3) is 0.947. The summed E-state index contributed by atoms with van der Waals surface area (Å²) in [5.41, 5.74) is 1.30. The van der Waals surface area contributed by atoms with Crippen LogP contribution in [0.3, 0.4) is 0 Å². The molecule has 130 valence electrons. The second-order valence-corrected chi connectivity index (χ2v) is 6.53. The van der Waals surface area contributed by atoms with E-state index in [0.717, 1.165) is 32.4 Å². The van der Waals surface area contributed by atoms with Gasteiger partial charge in [0.15, 0.2) is 6.23 Å². The average molecular weight is 311 g/mol. The first-order chi connectivity index (χ1) is 10.8. The maximum atomic E-state index is 5.91. The second kappa shape index (κ2) is 12.9. The zero-order valence-corrected chi connectivity index (χ0v) is 15.3. The van der Waals surface area contributed by atoms with Gasteiger partial charge in [0.05, 0.1) is 5.71 Å². The lowest BCUT2D eigenvalue weighted by molar-refractivity contribution is -0.0558. The summed E-state index contributed by atoms with van der Waals surface area (Å²) in [5.74, 6) is 0. The molecule has 0 radical (unpaired) electrons. The molecule has 0 aromatic rings. The van der Waals surface area contributed by atoms with E-state index in [1.54, 1.807) is 0 Å². The molecular weight excluding hydrogens is 272 g/mol. The van der Waals surface area contributed by atoms with Crippen molar-refractivity contribution in [1.82, 2.24) is 4.90 Å². The summed E-state index contributed by atoms with van der Waals surface area (Å²) >= 11 is 0. The van der Waals surface area contributed by atoms with Crippen molar-refractivity contribution < 1.29 is 4.84 Å². The third-order valence-electron chi connectivity index (χ3n) is 4.80. The van der Waals surface area contributed by atoms with Gasteiger partial charge in [-0.15, -0.1) is 0 Å². The Bertz CT molecular complexity index is 273. The Morgan fingerprint density at radius 1 is 0.818 bits per heavy atom. The van der Waals surface area contributed by atoms with Gasteiger partial charge in [0.1, 0.15) is 0 Å². The molecule has 0 aliphatic heterocycles. The first-order valence-electron chi connectivity index (χ1n) is 9.77. The Balaban J connectivity index is 2.51. The Kier molecular flexibility index (Phi) is 11.4. The second-order valence-electron chi connectivity index (χ2n) is 6.53. The van der Waals surface area contributed by atoms with E-state index in [1.165, 1.54) is 63.5 Å². The molecule has 0 heterocycles. The Morgan fingerprint density at radius 2 is 1.27 bits per heavy atom. The minimum Gasteiger partial charge on any atom is -0.377 e. The fourth-order valence-electron chi connectivity index (χ4n) is 3.28. The molecule has 1 saturated carbocycles. The highest BCUT2D eigenvalue weighted by molar-refractivity contribution is 5.83.